The first-order valence-corrected chi connectivity index (χ1v) is 10.5. The van der Waals surface area contributed by atoms with Crippen molar-refractivity contribution in [3.05, 3.63) is 76.0 Å². The highest BCUT2D eigenvalue weighted by Gasteiger charge is 2.16. The SMILES string of the molecule is Cc1cc(C)n(-c2ccc(CCNS(=O)(=O)c3ccccc3Br)cc2)n1. The van der Waals surface area contributed by atoms with Gasteiger partial charge in [0.05, 0.1) is 16.3 Å². The normalized spacial score (nSPS) is 11.7. The summed E-state index contributed by atoms with van der Waals surface area (Å²) in [7, 11) is -3.53. The molecule has 0 bridgehead atoms. The molecule has 1 aromatic heterocycles. The lowest BCUT2D eigenvalue weighted by molar-refractivity contribution is 0.581. The highest BCUT2D eigenvalue weighted by Crippen LogP contribution is 2.20. The Labute approximate surface area is 162 Å². The van der Waals surface area contributed by atoms with Gasteiger partial charge in [0.1, 0.15) is 0 Å². The molecule has 7 heteroatoms. The van der Waals surface area contributed by atoms with Crippen LogP contribution in [0.1, 0.15) is 17.0 Å². The molecule has 0 amide bonds. The van der Waals surface area contributed by atoms with Crippen molar-refractivity contribution in [3.63, 3.8) is 0 Å². The molecule has 2 aromatic carbocycles. The lowest BCUT2D eigenvalue weighted by atomic mass is 10.1. The molecular weight excluding hydrogens is 414 g/mol. The third-order valence-corrected chi connectivity index (χ3v) is 6.50. The van der Waals surface area contributed by atoms with E-state index in [0.29, 0.717) is 17.4 Å². The van der Waals surface area contributed by atoms with Crippen molar-refractivity contribution in [1.29, 1.82) is 0 Å². The van der Waals surface area contributed by atoms with Gasteiger partial charge in [-0.2, -0.15) is 5.10 Å². The zero-order valence-corrected chi connectivity index (χ0v) is 17.0. The van der Waals surface area contributed by atoms with Crippen LogP contribution in [0, 0.1) is 13.8 Å². The van der Waals surface area contributed by atoms with E-state index in [9.17, 15) is 8.42 Å². The van der Waals surface area contributed by atoms with Gasteiger partial charge in [0.25, 0.3) is 0 Å². The first-order chi connectivity index (χ1) is 12.4. The van der Waals surface area contributed by atoms with Gasteiger partial charge in [0.2, 0.25) is 10.0 Å². The van der Waals surface area contributed by atoms with Gasteiger partial charge < -0.3 is 0 Å². The average Bonchev–Trinajstić information content (AvgIpc) is 2.94. The average molecular weight is 434 g/mol. The molecular formula is C19H20BrN3O2S. The molecule has 0 unspecified atom stereocenters. The molecule has 0 aliphatic rings. The molecule has 0 radical (unpaired) electrons. The van der Waals surface area contributed by atoms with Crippen LogP contribution in [-0.4, -0.2) is 24.7 Å². The van der Waals surface area contributed by atoms with E-state index >= 15 is 0 Å². The van der Waals surface area contributed by atoms with Crippen LogP contribution in [0.3, 0.4) is 0 Å². The molecule has 1 N–H and O–H groups in total. The summed E-state index contributed by atoms with van der Waals surface area (Å²) in [6.45, 7) is 4.32. The fourth-order valence-corrected chi connectivity index (χ4v) is 4.80. The predicted molar refractivity (Wildman–Crippen MR) is 106 cm³/mol. The maximum Gasteiger partial charge on any atom is 0.241 e. The van der Waals surface area contributed by atoms with Crippen molar-refractivity contribution in [1.82, 2.24) is 14.5 Å². The van der Waals surface area contributed by atoms with E-state index < -0.39 is 10.0 Å². The molecule has 136 valence electrons. The van der Waals surface area contributed by atoms with Gasteiger partial charge >= 0.3 is 0 Å². The van der Waals surface area contributed by atoms with Crippen molar-refractivity contribution in [3.8, 4) is 5.69 Å². The smallest absolute Gasteiger partial charge is 0.238 e. The van der Waals surface area contributed by atoms with Crippen molar-refractivity contribution >= 4 is 26.0 Å². The molecule has 0 aliphatic carbocycles. The molecule has 3 rings (SSSR count). The van der Waals surface area contributed by atoms with Gasteiger partial charge in [0.15, 0.2) is 0 Å². The van der Waals surface area contributed by atoms with Gasteiger partial charge in [-0.05, 0) is 72.1 Å². The zero-order chi connectivity index (χ0) is 18.7. The van der Waals surface area contributed by atoms with Crippen LogP contribution in [0.2, 0.25) is 0 Å². The third kappa shape index (κ3) is 4.23. The van der Waals surface area contributed by atoms with Crippen LogP contribution in [0.25, 0.3) is 5.69 Å². The summed E-state index contributed by atoms with van der Waals surface area (Å²) in [5.74, 6) is 0. The van der Waals surface area contributed by atoms with E-state index in [1.807, 2.05) is 48.9 Å². The summed E-state index contributed by atoms with van der Waals surface area (Å²) >= 11 is 3.28. The lowest BCUT2D eigenvalue weighted by Crippen LogP contribution is -2.26. The molecule has 0 atom stereocenters. The van der Waals surface area contributed by atoms with E-state index in [-0.39, 0.29) is 4.90 Å². The highest BCUT2D eigenvalue weighted by molar-refractivity contribution is 9.10. The molecule has 0 aliphatic heterocycles. The van der Waals surface area contributed by atoms with E-state index in [2.05, 4.69) is 25.8 Å². The third-order valence-electron chi connectivity index (χ3n) is 4.02. The standard InChI is InChI=1S/C19H20BrN3O2S/c1-14-13-15(2)23(22-14)17-9-7-16(8-10-17)11-12-21-26(24,25)19-6-4-3-5-18(19)20/h3-10,13,21H,11-12H2,1-2H3. The zero-order valence-electron chi connectivity index (χ0n) is 14.6. The quantitative estimate of drug-likeness (QED) is 0.643. The number of aryl methyl sites for hydroxylation is 2. The second-order valence-corrected chi connectivity index (χ2v) is 8.67. The number of halogens is 1. The van der Waals surface area contributed by atoms with Gasteiger partial charge in [-0.1, -0.05) is 24.3 Å². The van der Waals surface area contributed by atoms with Crippen LogP contribution in [-0.2, 0) is 16.4 Å². The Balaban J connectivity index is 1.64. The molecule has 26 heavy (non-hydrogen) atoms. The van der Waals surface area contributed by atoms with Crippen LogP contribution < -0.4 is 4.72 Å². The van der Waals surface area contributed by atoms with Gasteiger partial charge in [0, 0.05) is 16.7 Å². The first kappa shape index (κ1) is 18.8. The molecule has 3 aromatic rings. The van der Waals surface area contributed by atoms with Crippen LogP contribution in [0.15, 0.2) is 64.0 Å². The van der Waals surface area contributed by atoms with E-state index in [4.69, 9.17) is 0 Å². The van der Waals surface area contributed by atoms with Crippen LogP contribution in [0.4, 0.5) is 0 Å². The number of hydrogen-bond acceptors (Lipinski definition) is 3. The van der Waals surface area contributed by atoms with Crippen LogP contribution in [0.5, 0.6) is 0 Å². The van der Waals surface area contributed by atoms with Gasteiger partial charge in [-0.25, -0.2) is 17.8 Å². The van der Waals surface area contributed by atoms with Crippen LogP contribution >= 0.6 is 15.9 Å². The monoisotopic (exact) mass is 433 g/mol. The minimum absolute atomic E-state index is 0.250. The molecule has 5 nitrogen and oxygen atoms in total. The Kier molecular flexibility index (Phi) is 5.60. The summed E-state index contributed by atoms with van der Waals surface area (Å²) in [5.41, 5.74) is 4.11. The minimum Gasteiger partial charge on any atom is -0.238 e. The number of nitrogens with one attached hydrogen (secondary N) is 1. The predicted octanol–water partition coefficient (Wildman–Crippen LogP) is 3.77. The second kappa shape index (κ2) is 7.73. The van der Waals surface area contributed by atoms with Gasteiger partial charge in [-0.15, -0.1) is 0 Å². The summed E-state index contributed by atoms with van der Waals surface area (Å²) in [5, 5.41) is 4.47. The lowest BCUT2D eigenvalue weighted by Gasteiger charge is -2.09. The maximum atomic E-state index is 12.4. The Bertz CT molecular complexity index is 1010. The number of nitrogens with zero attached hydrogens (tertiary/aromatic N) is 2. The molecule has 0 saturated carbocycles. The Morgan fingerprint density at radius 3 is 2.38 bits per heavy atom. The van der Waals surface area contributed by atoms with Crippen molar-refractivity contribution in [2.75, 3.05) is 6.54 Å². The summed E-state index contributed by atoms with van der Waals surface area (Å²) < 4.78 is 29.8. The van der Waals surface area contributed by atoms with Crippen molar-refractivity contribution in [2.24, 2.45) is 0 Å². The second-order valence-electron chi connectivity index (χ2n) is 6.08. The highest BCUT2D eigenvalue weighted by atomic mass is 79.9. The number of aromatic nitrogens is 2. The van der Waals surface area contributed by atoms with Crippen molar-refractivity contribution < 1.29 is 8.42 Å². The fourth-order valence-electron chi connectivity index (χ4n) is 2.76. The largest absolute Gasteiger partial charge is 0.241 e. The molecule has 0 saturated heterocycles. The number of rotatable bonds is 6. The fraction of sp³-hybridized carbons (Fsp3) is 0.211. The Morgan fingerprint density at radius 2 is 1.77 bits per heavy atom. The van der Waals surface area contributed by atoms with Gasteiger partial charge in [-0.3, -0.25) is 0 Å². The topological polar surface area (TPSA) is 64.0 Å². The Hall–Kier alpha value is -1.96. The van der Waals surface area contributed by atoms with E-state index in [0.717, 1.165) is 22.6 Å². The summed E-state index contributed by atoms with van der Waals surface area (Å²) in [6, 6.07) is 16.8. The molecule has 0 fully saturated rings. The molecule has 1 heterocycles. The Morgan fingerprint density at radius 1 is 1.08 bits per heavy atom. The summed E-state index contributed by atoms with van der Waals surface area (Å²) in [4.78, 5) is 0.250. The minimum atomic E-state index is -3.53. The number of sulfonamides is 1. The first-order valence-electron chi connectivity index (χ1n) is 8.23. The summed E-state index contributed by atoms with van der Waals surface area (Å²) in [6.07, 6.45) is 0.612. The number of hydrogen-bond donors (Lipinski definition) is 1. The van der Waals surface area contributed by atoms with E-state index in [1.165, 1.54) is 0 Å². The van der Waals surface area contributed by atoms with E-state index in [1.54, 1.807) is 24.3 Å². The van der Waals surface area contributed by atoms with Crippen molar-refractivity contribution in [2.45, 2.75) is 25.2 Å². The number of benzene rings is 2. The molecule has 0 spiro atoms. The maximum absolute atomic E-state index is 12.4.